The van der Waals surface area contributed by atoms with Gasteiger partial charge in [-0.2, -0.15) is 0 Å². The average molecular weight is 259 g/mol. The van der Waals surface area contributed by atoms with Crippen molar-refractivity contribution in [1.29, 1.82) is 0 Å². The van der Waals surface area contributed by atoms with Gasteiger partial charge in [0.05, 0.1) is 5.25 Å². The first-order chi connectivity index (χ1) is 8.12. The molecule has 5 atom stereocenters. The maximum Gasteiger partial charge on any atom is 0.0503 e. The van der Waals surface area contributed by atoms with Crippen LogP contribution in [0.5, 0.6) is 0 Å². The molecule has 1 saturated carbocycles. The van der Waals surface area contributed by atoms with Crippen molar-refractivity contribution >= 4 is 10.8 Å². The summed E-state index contributed by atoms with van der Waals surface area (Å²) in [6, 6.07) is 0.475. The zero-order chi connectivity index (χ0) is 12.8. The fraction of sp³-hybridized carbons (Fsp3) is 1.00. The second-order valence-corrected chi connectivity index (χ2v) is 7.28. The van der Waals surface area contributed by atoms with Crippen LogP contribution < -0.4 is 5.32 Å². The number of rotatable bonds is 6. The van der Waals surface area contributed by atoms with E-state index < -0.39 is 10.8 Å². The third kappa shape index (κ3) is 4.36. The van der Waals surface area contributed by atoms with Gasteiger partial charge in [-0.15, -0.1) is 0 Å². The monoisotopic (exact) mass is 259 g/mol. The molecule has 0 amide bonds. The second-order valence-electron chi connectivity index (χ2n) is 5.58. The second kappa shape index (κ2) is 7.52. The zero-order valence-electron chi connectivity index (χ0n) is 11.9. The predicted octanol–water partition coefficient (Wildman–Crippen LogP) is 2.95. The SMILES string of the molecule is CCC(C)CS(=O)C1CC(CC)CCC1NC. The highest BCUT2D eigenvalue weighted by molar-refractivity contribution is 7.85. The lowest BCUT2D eigenvalue weighted by molar-refractivity contribution is 0.300. The first kappa shape index (κ1) is 15.2. The van der Waals surface area contributed by atoms with Gasteiger partial charge in [0.1, 0.15) is 0 Å². The molecule has 102 valence electrons. The first-order valence-corrected chi connectivity index (χ1v) is 8.54. The minimum atomic E-state index is -0.651. The molecule has 0 bridgehead atoms. The van der Waals surface area contributed by atoms with E-state index in [2.05, 4.69) is 26.1 Å². The third-order valence-electron chi connectivity index (χ3n) is 4.33. The maximum atomic E-state index is 12.5. The molecular formula is C14H29NOS. The third-order valence-corrected chi connectivity index (χ3v) is 6.43. The van der Waals surface area contributed by atoms with Crippen molar-refractivity contribution in [1.82, 2.24) is 5.32 Å². The normalized spacial score (nSPS) is 33.3. The highest BCUT2D eigenvalue weighted by Crippen LogP contribution is 2.30. The lowest BCUT2D eigenvalue weighted by Crippen LogP contribution is -2.45. The van der Waals surface area contributed by atoms with E-state index >= 15 is 0 Å². The van der Waals surface area contributed by atoms with Gasteiger partial charge in [0, 0.05) is 22.6 Å². The van der Waals surface area contributed by atoms with Crippen molar-refractivity contribution in [3.63, 3.8) is 0 Å². The summed E-state index contributed by atoms with van der Waals surface area (Å²) in [4.78, 5) is 0. The molecule has 1 aliphatic carbocycles. The van der Waals surface area contributed by atoms with E-state index in [1.165, 1.54) is 19.3 Å². The quantitative estimate of drug-likeness (QED) is 0.794. The summed E-state index contributed by atoms with van der Waals surface area (Å²) in [5, 5.41) is 3.76. The molecular weight excluding hydrogens is 230 g/mol. The molecule has 1 N–H and O–H groups in total. The molecule has 5 unspecified atom stereocenters. The molecule has 0 heterocycles. The highest BCUT2D eigenvalue weighted by atomic mass is 32.2. The van der Waals surface area contributed by atoms with Gasteiger partial charge < -0.3 is 5.32 Å². The van der Waals surface area contributed by atoms with Crippen molar-refractivity contribution in [2.75, 3.05) is 12.8 Å². The maximum absolute atomic E-state index is 12.5. The van der Waals surface area contributed by atoms with Crippen molar-refractivity contribution in [3.05, 3.63) is 0 Å². The van der Waals surface area contributed by atoms with Gasteiger partial charge in [-0.1, -0.05) is 33.6 Å². The fourth-order valence-electron chi connectivity index (χ4n) is 2.73. The average Bonchev–Trinajstić information content (AvgIpc) is 2.37. The Morgan fingerprint density at radius 1 is 1.35 bits per heavy atom. The van der Waals surface area contributed by atoms with E-state index in [0.717, 1.165) is 24.5 Å². The summed E-state index contributed by atoms with van der Waals surface area (Å²) in [5.41, 5.74) is 0. The molecule has 0 radical (unpaired) electrons. The lowest BCUT2D eigenvalue weighted by atomic mass is 9.84. The van der Waals surface area contributed by atoms with Crippen LogP contribution in [0.25, 0.3) is 0 Å². The van der Waals surface area contributed by atoms with Gasteiger partial charge in [0.15, 0.2) is 0 Å². The molecule has 1 fully saturated rings. The Morgan fingerprint density at radius 2 is 2.06 bits per heavy atom. The van der Waals surface area contributed by atoms with Crippen LogP contribution in [0, 0.1) is 11.8 Å². The fourth-order valence-corrected chi connectivity index (χ4v) is 4.89. The van der Waals surface area contributed by atoms with E-state index in [1.807, 2.05) is 7.05 Å². The minimum Gasteiger partial charge on any atom is -0.316 e. The van der Waals surface area contributed by atoms with Crippen LogP contribution in [-0.2, 0) is 10.8 Å². The van der Waals surface area contributed by atoms with Crippen LogP contribution >= 0.6 is 0 Å². The first-order valence-electron chi connectivity index (χ1n) is 7.16. The molecule has 17 heavy (non-hydrogen) atoms. The van der Waals surface area contributed by atoms with E-state index in [-0.39, 0.29) is 0 Å². The Morgan fingerprint density at radius 3 is 2.59 bits per heavy atom. The van der Waals surface area contributed by atoms with Crippen LogP contribution in [0.2, 0.25) is 0 Å². The topological polar surface area (TPSA) is 29.1 Å². The van der Waals surface area contributed by atoms with E-state index in [0.29, 0.717) is 17.2 Å². The molecule has 0 aromatic carbocycles. The van der Waals surface area contributed by atoms with E-state index in [9.17, 15) is 4.21 Å². The summed E-state index contributed by atoms with van der Waals surface area (Å²) in [5.74, 6) is 2.27. The Labute approximate surface area is 109 Å². The van der Waals surface area contributed by atoms with Crippen molar-refractivity contribution in [2.24, 2.45) is 11.8 Å². The highest BCUT2D eigenvalue weighted by Gasteiger charge is 2.33. The number of hydrogen-bond donors (Lipinski definition) is 1. The number of hydrogen-bond acceptors (Lipinski definition) is 2. The molecule has 0 spiro atoms. The molecule has 2 nitrogen and oxygen atoms in total. The summed E-state index contributed by atoms with van der Waals surface area (Å²) in [7, 11) is 1.37. The van der Waals surface area contributed by atoms with E-state index in [1.54, 1.807) is 0 Å². The van der Waals surface area contributed by atoms with Crippen molar-refractivity contribution < 1.29 is 4.21 Å². The number of nitrogens with one attached hydrogen (secondary N) is 1. The molecule has 1 rings (SSSR count). The molecule has 0 aromatic heterocycles. The van der Waals surface area contributed by atoms with Gasteiger partial charge in [0.2, 0.25) is 0 Å². The summed E-state index contributed by atoms with van der Waals surface area (Å²) < 4.78 is 12.5. The zero-order valence-corrected chi connectivity index (χ0v) is 12.7. The van der Waals surface area contributed by atoms with Crippen LogP contribution in [0.3, 0.4) is 0 Å². The minimum absolute atomic E-state index is 0.382. The summed E-state index contributed by atoms with van der Waals surface area (Å²) in [6.07, 6.45) is 6.05. The van der Waals surface area contributed by atoms with Crippen LogP contribution in [0.1, 0.15) is 52.9 Å². The molecule has 1 aliphatic rings. The Hall–Kier alpha value is 0.110. The van der Waals surface area contributed by atoms with Gasteiger partial charge in [0.25, 0.3) is 0 Å². The lowest BCUT2D eigenvalue weighted by Gasteiger charge is -2.35. The van der Waals surface area contributed by atoms with Gasteiger partial charge >= 0.3 is 0 Å². The van der Waals surface area contributed by atoms with Gasteiger partial charge in [-0.3, -0.25) is 4.21 Å². The molecule has 0 aliphatic heterocycles. The van der Waals surface area contributed by atoms with Crippen molar-refractivity contribution in [2.45, 2.75) is 64.2 Å². The predicted molar refractivity (Wildman–Crippen MR) is 76.7 cm³/mol. The van der Waals surface area contributed by atoms with E-state index in [4.69, 9.17) is 0 Å². The molecule has 0 saturated heterocycles. The van der Waals surface area contributed by atoms with Gasteiger partial charge in [-0.25, -0.2) is 0 Å². The largest absolute Gasteiger partial charge is 0.316 e. The summed E-state index contributed by atoms with van der Waals surface area (Å²) >= 11 is 0. The molecule has 3 heteroatoms. The standard InChI is InChI=1S/C14H29NOS/c1-5-11(3)10-17(16)14-9-12(6-2)7-8-13(14)15-4/h11-15H,5-10H2,1-4H3. The van der Waals surface area contributed by atoms with Crippen molar-refractivity contribution in [3.8, 4) is 0 Å². The van der Waals surface area contributed by atoms with Crippen LogP contribution in [0.4, 0.5) is 0 Å². The van der Waals surface area contributed by atoms with Gasteiger partial charge in [-0.05, 0) is 38.1 Å². The Kier molecular flexibility index (Phi) is 6.71. The van der Waals surface area contributed by atoms with Crippen LogP contribution in [-0.4, -0.2) is 28.3 Å². The van der Waals surface area contributed by atoms with Crippen LogP contribution in [0.15, 0.2) is 0 Å². The summed E-state index contributed by atoms with van der Waals surface area (Å²) in [6.45, 7) is 6.67. The Balaban J connectivity index is 2.59. The smallest absolute Gasteiger partial charge is 0.0503 e. The Bertz CT molecular complexity index is 244. The molecule has 0 aromatic rings.